The standard InChI is InChI=1S/C27H27NO3/c1-27(2)14-19-24-18-8-6-5-7-16(18)9-11-20(24)28-26(25(19)21(29)15-27)17-10-12-22(30-3)23(13-17)31-4/h5-13,26,28H,14-15H2,1-4H3. The largest absolute Gasteiger partial charge is 0.493 e. The Balaban J connectivity index is 1.76. The van der Waals surface area contributed by atoms with Crippen molar-refractivity contribution >= 4 is 27.8 Å². The van der Waals surface area contributed by atoms with Crippen LogP contribution in [0.2, 0.25) is 0 Å². The van der Waals surface area contributed by atoms with E-state index < -0.39 is 0 Å². The molecule has 4 heteroatoms. The highest BCUT2D eigenvalue weighted by molar-refractivity contribution is 6.12. The molecule has 0 aromatic heterocycles. The number of rotatable bonds is 3. The van der Waals surface area contributed by atoms with Crippen LogP contribution in [0.15, 0.2) is 60.2 Å². The Morgan fingerprint density at radius 1 is 0.935 bits per heavy atom. The van der Waals surface area contributed by atoms with Crippen LogP contribution in [0.5, 0.6) is 11.5 Å². The molecular formula is C27H27NO3. The van der Waals surface area contributed by atoms with Crippen molar-refractivity contribution in [2.75, 3.05) is 19.5 Å². The number of nitrogens with one attached hydrogen (secondary N) is 1. The molecule has 3 aromatic carbocycles. The summed E-state index contributed by atoms with van der Waals surface area (Å²) in [6, 6.07) is 18.4. The van der Waals surface area contributed by atoms with Crippen molar-refractivity contribution in [3.8, 4) is 11.5 Å². The van der Waals surface area contributed by atoms with E-state index in [1.807, 2.05) is 18.2 Å². The number of anilines is 1. The first-order valence-electron chi connectivity index (χ1n) is 10.7. The molecule has 0 saturated carbocycles. The maximum atomic E-state index is 13.5. The number of allylic oxidation sites excluding steroid dienone is 1. The van der Waals surface area contributed by atoms with Gasteiger partial charge in [-0.2, -0.15) is 0 Å². The molecule has 2 aliphatic rings. The van der Waals surface area contributed by atoms with E-state index in [1.54, 1.807) is 14.2 Å². The molecule has 0 saturated heterocycles. The number of carbonyl (C=O) groups is 1. The zero-order valence-electron chi connectivity index (χ0n) is 18.4. The number of hydrogen-bond acceptors (Lipinski definition) is 4. The maximum Gasteiger partial charge on any atom is 0.162 e. The van der Waals surface area contributed by atoms with Gasteiger partial charge in [0.05, 0.1) is 20.3 Å². The zero-order valence-corrected chi connectivity index (χ0v) is 18.4. The average molecular weight is 414 g/mol. The fourth-order valence-corrected chi connectivity index (χ4v) is 5.12. The third-order valence-corrected chi connectivity index (χ3v) is 6.48. The summed E-state index contributed by atoms with van der Waals surface area (Å²) in [7, 11) is 3.27. The molecule has 1 unspecified atom stereocenters. The minimum absolute atomic E-state index is 0.0659. The highest BCUT2D eigenvalue weighted by atomic mass is 16.5. The van der Waals surface area contributed by atoms with Crippen LogP contribution in [0.3, 0.4) is 0 Å². The maximum absolute atomic E-state index is 13.5. The fraction of sp³-hybridized carbons (Fsp3) is 0.296. The van der Waals surface area contributed by atoms with E-state index in [-0.39, 0.29) is 17.2 Å². The van der Waals surface area contributed by atoms with Gasteiger partial charge in [0.1, 0.15) is 0 Å². The first-order valence-corrected chi connectivity index (χ1v) is 10.7. The Kier molecular flexibility index (Phi) is 4.54. The summed E-state index contributed by atoms with van der Waals surface area (Å²) >= 11 is 0. The monoisotopic (exact) mass is 413 g/mol. The van der Waals surface area contributed by atoms with Crippen molar-refractivity contribution in [1.82, 2.24) is 0 Å². The third-order valence-electron chi connectivity index (χ3n) is 6.48. The second-order valence-corrected chi connectivity index (χ2v) is 9.23. The molecule has 1 aliphatic heterocycles. The molecule has 4 nitrogen and oxygen atoms in total. The molecule has 1 aliphatic carbocycles. The summed E-state index contributed by atoms with van der Waals surface area (Å²) in [5, 5.41) is 6.06. The van der Waals surface area contributed by atoms with E-state index in [9.17, 15) is 4.79 Å². The Morgan fingerprint density at radius 3 is 2.48 bits per heavy atom. The molecule has 1 N–H and O–H groups in total. The van der Waals surface area contributed by atoms with Crippen LogP contribution in [0.1, 0.15) is 43.9 Å². The Labute approximate surface area is 182 Å². The van der Waals surface area contributed by atoms with Crippen LogP contribution in [0.25, 0.3) is 16.3 Å². The third kappa shape index (κ3) is 3.18. The van der Waals surface area contributed by atoms with Crippen molar-refractivity contribution in [1.29, 1.82) is 0 Å². The second kappa shape index (κ2) is 7.16. The van der Waals surface area contributed by atoms with Crippen LogP contribution in [-0.4, -0.2) is 20.0 Å². The van der Waals surface area contributed by atoms with Crippen molar-refractivity contribution in [3.63, 3.8) is 0 Å². The van der Waals surface area contributed by atoms with Gasteiger partial charge in [0, 0.05) is 23.2 Å². The van der Waals surface area contributed by atoms with Crippen LogP contribution in [0.4, 0.5) is 5.69 Å². The predicted octanol–water partition coefficient (Wildman–Crippen LogP) is 6.17. The number of carbonyl (C=O) groups excluding carboxylic acids is 1. The van der Waals surface area contributed by atoms with Gasteiger partial charge in [0.15, 0.2) is 17.3 Å². The van der Waals surface area contributed by atoms with Gasteiger partial charge in [-0.25, -0.2) is 0 Å². The van der Waals surface area contributed by atoms with Gasteiger partial charge in [-0.15, -0.1) is 0 Å². The quantitative estimate of drug-likeness (QED) is 0.558. The Bertz CT molecular complexity index is 1240. The molecule has 0 bridgehead atoms. The predicted molar refractivity (Wildman–Crippen MR) is 125 cm³/mol. The topological polar surface area (TPSA) is 47.6 Å². The molecule has 31 heavy (non-hydrogen) atoms. The lowest BCUT2D eigenvalue weighted by atomic mass is 9.68. The summed E-state index contributed by atoms with van der Waals surface area (Å²) < 4.78 is 11.0. The van der Waals surface area contributed by atoms with Crippen molar-refractivity contribution in [2.45, 2.75) is 32.7 Å². The Morgan fingerprint density at radius 2 is 1.71 bits per heavy atom. The van der Waals surface area contributed by atoms with E-state index in [0.29, 0.717) is 17.9 Å². The van der Waals surface area contributed by atoms with Gasteiger partial charge in [-0.1, -0.05) is 50.2 Å². The molecular weight excluding hydrogens is 386 g/mol. The molecule has 0 amide bonds. The summed E-state index contributed by atoms with van der Waals surface area (Å²) in [5.41, 5.74) is 5.23. The first kappa shape index (κ1) is 19.7. The molecule has 1 atom stereocenters. The van der Waals surface area contributed by atoms with Crippen LogP contribution in [0, 0.1) is 5.41 Å². The van der Waals surface area contributed by atoms with E-state index in [0.717, 1.165) is 23.2 Å². The van der Waals surface area contributed by atoms with Crippen molar-refractivity contribution < 1.29 is 14.3 Å². The van der Waals surface area contributed by atoms with Crippen LogP contribution < -0.4 is 14.8 Å². The van der Waals surface area contributed by atoms with Gasteiger partial charge >= 0.3 is 0 Å². The molecule has 158 valence electrons. The molecule has 1 heterocycles. The SMILES string of the molecule is COc1ccc(C2Nc3ccc4ccccc4c3C3=C2C(=O)CC(C)(C)C3)cc1OC. The minimum Gasteiger partial charge on any atom is -0.493 e. The average Bonchev–Trinajstić information content (AvgIpc) is 2.76. The normalized spacial score (nSPS) is 19.5. The van der Waals surface area contributed by atoms with Crippen LogP contribution in [-0.2, 0) is 4.79 Å². The smallest absolute Gasteiger partial charge is 0.162 e. The molecule has 5 rings (SSSR count). The van der Waals surface area contributed by atoms with Gasteiger partial charge in [0.2, 0.25) is 0 Å². The number of hydrogen-bond donors (Lipinski definition) is 1. The lowest BCUT2D eigenvalue weighted by Crippen LogP contribution is -2.33. The summed E-state index contributed by atoms with van der Waals surface area (Å²) in [4.78, 5) is 13.5. The Hall–Kier alpha value is -3.27. The first-order chi connectivity index (χ1) is 14.9. The lowest BCUT2D eigenvalue weighted by Gasteiger charge is -2.40. The van der Waals surface area contributed by atoms with Gasteiger partial charge in [-0.05, 0) is 51.9 Å². The summed E-state index contributed by atoms with van der Waals surface area (Å²) in [6.45, 7) is 4.37. The van der Waals surface area contributed by atoms with Crippen LogP contribution >= 0.6 is 0 Å². The second-order valence-electron chi connectivity index (χ2n) is 9.23. The van der Waals surface area contributed by atoms with Gasteiger partial charge in [0.25, 0.3) is 0 Å². The number of ether oxygens (including phenoxy) is 2. The number of ketones is 1. The molecule has 0 radical (unpaired) electrons. The number of benzene rings is 3. The van der Waals surface area contributed by atoms with E-state index in [4.69, 9.17) is 9.47 Å². The fourth-order valence-electron chi connectivity index (χ4n) is 5.12. The van der Waals surface area contributed by atoms with Crippen molar-refractivity contribution in [3.05, 3.63) is 71.3 Å². The van der Waals surface area contributed by atoms with Gasteiger partial charge < -0.3 is 14.8 Å². The van der Waals surface area contributed by atoms with Gasteiger partial charge in [-0.3, -0.25) is 4.79 Å². The molecule has 0 spiro atoms. The number of Topliss-reactive ketones (excluding diaryl/α,β-unsaturated/α-hetero) is 1. The molecule has 0 fully saturated rings. The lowest BCUT2D eigenvalue weighted by molar-refractivity contribution is -0.118. The highest BCUT2D eigenvalue weighted by Gasteiger charge is 2.40. The summed E-state index contributed by atoms with van der Waals surface area (Å²) in [5.74, 6) is 1.56. The van der Waals surface area contributed by atoms with E-state index in [2.05, 4.69) is 55.6 Å². The molecule has 3 aromatic rings. The minimum atomic E-state index is -0.216. The number of fused-ring (bicyclic) bond motifs is 4. The van der Waals surface area contributed by atoms with E-state index >= 15 is 0 Å². The zero-order chi connectivity index (χ0) is 21.8. The van der Waals surface area contributed by atoms with Crippen molar-refractivity contribution in [2.24, 2.45) is 5.41 Å². The number of methoxy groups -OCH3 is 2. The highest BCUT2D eigenvalue weighted by Crippen LogP contribution is 2.52. The summed E-state index contributed by atoms with van der Waals surface area (Å²) in [6.07, 6.45) is 1.43. The van der Waals surface area contributed by atoms with E-state index in [1.165, 1.54) is 21.9 Å².